The number of hydrogen-bond acceptors (Lipinski definition) is 4. The number of ether oxygens (including phenoxy) is 2. The van der Waals surface area contributed by atoms with Gasteiger partial charge in [-0.15, -0.1) is 0 Å². The van der Waals surface area contributed by atoms with Crippen LogP contribution in [0, 0.1) is 0 Å². The molecule has 1 aliphatic rings. The first-order chi connectivity index (χ1) is 8.62. The number of pyridine rings is 1. The molecule has 1 atom stereocenters. The molecule has 0 spiro atoms. The Morgan fingerprint density at radius 3 is 2.94 bits per heavy atom. The van der Waals surface area contributed by atoms with Crippen LogP contribution in [-0.4, -0.2) is 34.9 Å². The van der Waals surface area contributed by atoms with E-state index in [4.69, 9.17) is 21.1 Å². The number of rotatable bonds is 3. The minimum absolute atomic E-state index is 0.267. The highest BCUT2D eigenvalue weighted by Gasteiger charge is 2.42. The number of hydrogen-bond donors (Lipinski definition) is 1. The van der Waals surface area contributed by atoms with Gasteiger partial charge in [-0.3, -0.25) is 0 Å². The molecule has 2 heterocycles. The van der Waals surface area contributed by atoms with Gasteiger partial charge in [-0.2, -0.15) is 0 Å². The molecular weight excluding hydrogens is 258 g/mol. The van der Waals surface area contributed by atoms with Crippen molar-refractivity contribution in [1.29, 1.82) is 0 Å². The molecule has 1 fully saturated rings. The van der Waals surface area contributed by atoms with E-state index in [2.05, 4.69) is 4.98 Å². The van der Waals surface area contributed by atoms with Crippen LogP contribution in [-0.2, 0) is 9.53 Å². The third-order valence-corrected chi connectivity index (χ3v) is 3.13. The van der Waals surface area contributed by atoms with Crippen LogP contribution in [0.1, 0.15) is 19.3 Å². The zero-order chi connectivity index (χ0) is 13.0. The van der Waals surface area contributed by atoms with Crippen molar-refractivity contribution in [3.05, 3.63) is 23.4 Å². The monoisotopic (exact) mass is 271 g/mol. The van der Waals surface area contributed by atoms with Gasteiger partial charge >= 0.3 is 5.97 Å². The fraction of sp³-hybridized carbons (Fsp3) is 0.500. The molecule has 0 amide bonds. The highest BCUT2D eigenvalue weighted by atomic mass is 35.5. The van der Waals surface area contributed by atoms with Gasteiger partial charge in [-0.05, 0) is 12.5 Å². The topological polar surface area (TPSA) is 68.7 Å². The van der Waals surface area contributed by atoms with Gasteiger partial charge in [-0.25, -0.2) is 9.78 Å². The first-order valence-electron chi connectivity index (χ1n) is 5.74. The van der Waals surface area contributed by atoms with Crippen molar-refractivity contribution >= 4 is 17.6 Å². The first kappa shape index (κ1) is 13.1. The Morgan fingerprint density at radius 1 is 1.44 bits per heavy atom. The SMILES string of the molecule is O=C(O)C1(Oc2ccc(Cl)cn2)CCCOCC1. The minimum atomic E-state index is -1.25. The number of halogens is 1. The molecule has 1 saturated heterocycles. The number of carboxylic acids is 1. The molecule has 0 bridgehead atoms. The molecule has 98 valence electrons. The number of nitrogens with zero attached hydrogens (tertiary/aromatic N) is 1. The highest BCUT2D eigenvalue weighted by molar-refractivity contribution is 6.30. The van der Waals surface area contributed by atoms with Crippen LogP contribution in [0.2, 0.25) is 5.02 Å². The Labute approximate surface area is 110 Å². The lowest BCUT2D eigenvalue weighted by molar-refractivity contribution is -0.157. The van der Waals surface area contributed by atoms with E-state index in [1.807, 2.05) is 0 Å². The van der Waals surface area contributed by atoms with Crippen LogP contribution < -0.4 is 4.74 Å². The molecule has 1 unspecified atom stereocenters. The summed E-state index contributed by atoms with van der Waals surface area (Å²) in [6.45, 7) is 0.937. The fourth-order valence-electron chi connectivity index (χ4n) is 1.91. The van der Waals surface area contributed by atoms with E-state index in [9.17, 15) is 9.90 Å². The summed E-state index contributed by atoms with van der Waals surface area (Å²) in [6.07, 6.45) is 2.80. The van der Waals surface area contributed by atoms with E-state index in [0.717, 1.165) is 0 Å². The number of carbonyl (C=O) groups is 1. The van der Waals surface area contributed by atoms with Crippen molar-refractivity contribution in [3.63, 3.8) is 0 Å². The van der Waals surface area contributed by atoms with Crippen molar-refractivity contribution in [2.75, 3.05) is 13.2 Å². The molecule has 0 aliphatic carbocycles. The summed E-state index contributed by atoms with van der Waals surface area (Å²) in [5.41, 5.74) is -1.25. The van der Waals surface area contributed by atoms with Gasteiger partial charge in [0.25, 0.3) is 0 Å². The summed E-state index contributed by atoms with van der Waals surface area (Å²) in [7, 11) is 0. The van der Waals surface area contributed by atoms with Gasteiger partial charge < -0.3 is 14.6 Å². The van der Waals surface area contributed by atoms with Crippen LogP contribution in [0.5, 0.6) is 5.88 Å². The summed E-state index contributed by atoms with van der Waals surface area (Å²) in [5.74, 6) is -0.714. The predicted molar refractivity (Wildman–Crippen MR) is 64.9 cm³/mol. The van der Waals surface area contributed by atoms with Crippen molar-refractivity contribution in [2.45, 2.75) is 24.9 Å². The average Bonchev–Trinajstić information content (AvgIpc) is 2.59. The fourth-order valence-corrected chi connectivity index (χ4v) is 2.02. The molecule has 0 aromatic carbocycles. The standard InChI is InChI=1S/C12H14ClNO4/c13-9-2-3-10(14-8-9)18-12(11(15)16)4-1-6-17-7-5-12/h2-3,8H,1,4-7H2,(H,15,16). The minimum Gasteiger partial charge on any atom is -0.478 e. The molecule has 1 aromatic heterocycles. The maximum atomic E-state index is 11.5. The second-order valence-corrected chi connectivity index (χ2v) is 4.62. The van der Waals surface area contributed by atoms with Crippen molar-refractivity contribution in [2.24, 2.45) is 0 Å². The zero-order valence-electron chi connectivity index (χ0n) is 9.76. The molecule has 1 aliphatic heterocycles. The largest absolute Gasteiger partial charge is 0.478 e. The van der Waals surface area contributed by atoms with E-state index in [-0.39, 0.29) is 5.88 Å². The van der Waals surface area contributed by atoms with Gasteiger partial charge in [0, 0.05) is 31.7 Å². The summed E-state index contributed by atoms with van der Waals surface area (Å²) < 4.78 is 10.9. The van der Waals surface area contributed by atoms with Crippen molar-refractivity contribution in [3.8, 4) is 5.88 Å². The van der Waals surface area contributed by atoms with Gasteiger partial charge in [0.05, 0.1) is 11.6 Å². The third kappa shape index (κ3) is 2.91. The summed E-state index contributed by atoms with van der Waals surface area (Å²) >= 11 is 5.72. The molecule has 1 N–H and O–H groups in total. The molecule has 18 heavy (non-hydrogen) atoms. The van der Waals surface area contributed by atoms with Crippen LogP contribution >= 0.6 is 11.6 Å². The average molecular weight is 272 g/mol. The van der Waals surface area contributed by atoms with Crippen LogP contribution in [0.25, 0.3) is 0 Å². The van der Waals surface area contributed by atoms with E-state index < -0.39 is 11.6 Å². The molecule has 5 nitrogen and oxygen atoms in total. The number of aromatic nitrogens is 1. The molecule has 0 saturated carbocycles. The van der Waals surface area contributed by atoms with E-state index in [1.165, 1.54) is 6.20 Å². The Morgan fingerprint density at radius 2 is 2.28 bits per heavy atom. The van der Waals surface area contributed by atoms with Gasteiger partial charge in [0.1, 0.15) is 0 Å². The maximum Gasteiger partial charge on any atom is 0.348 e. The Hall–Kier alpha value is -1.33. The van der Waals surface area contributed by atoms with Crippen molar-refractivity contribution in [1.82, 2.24) is 4.98 Å². The van der Waals surface area contributed by atoms with E-state index >= 15 is 0 Å². The second-order valence-electron chi connectivity index (χ2n) is 4.18. The van der Waals surface area contributed by atoms with Crippen molar-refractivity contribution < 1.29 is 19.4 Å². The lowest BCUT2D eigenvalue weighted by atomic mass is 9.95. The van der Waals surface area contributed by atoms with Crippen LogP contribution in [0.4, 0.5) is 0 Å². The lowest BCUT2D eigenvalue weighted by Crippen LogP contribution is -2.45. The zero-order valence-corrected chi connectivity index (χ0v) is 10.5. The highest BCUT2D eigenvalue weighted by Crippen LogP contribution is 2.28. The summed E-state index contributed by atoms with van der Waals surface area (Å²) in [6, 6.07) is 3.19. The molecular formula is C12H14ClNO4. The molecule has 6 heteroatoms. The number of carboxylic acid groups (broad SMARTS) is 1. The lowest BCUT2D eigenvalue weighted by Gasteiger charge is -2.27. The first-order valence-corrected chi connectivity index (χ1v) is 6.12. The second kappa shape index (κ2) is 5.54. The van der Waals surface area contributed by atoms with Gasteiger partial charge in [-0.1, -0.05) is 11.6 Å². The summed E-state index contributed by atoms with van der Waals surface area (Å²) in [4.78, 5) is 15.4. The van der Waals surface area contributed by atoms with Crippen LogP contribution in [0.3, 0.4) is 0 Å². The Balaban J connectivity index is 2.19. The van der Waals surface area contributed by atoms with Gasteiger partial charge in [0.2, 0.25) is 11.5 Å². The molecule has 0 radical (unpaired) electrons. The predicted octanol–water partition coefficient (Wildman–Crippen LogP) is 2.14. The van der Waals surface area contributed by atoms with E-state index in [0.29, 0.717) is 37.5 Å². The molecule has 2 rings (SSSR count). The smallest absolute Gasteiger partial charge is 0.348 e. The van der Waals surface area contributed by atoms with Crippen LogP contribution in [0.15, 0.2) is 18.3 Å². The van der Waals surface area contributed by atoms with Gasteiger partial charge in [0.15, 0.2) is 0 Å². The summed E-state index contributed by atoms with van der Waals surface area (Å²) in [5, 5.41) is 9.88. The third-order valence-electron chi connectivity index (χ3n) is 2.91. The molecule has 1 aromatic rings. The quantitative estimate of drug-likeness (QED) is 0.912. The number of aliphatic carboxylic acids is 1. The Bertz CT molecular complexity index is 413. The maximum absolute atomic E-state index is 11.5. The Kier molecular flexibility index (Phi) is 4.04. The normalized spacial score (nSPS) is 24.3. The van der Waals surface area contributed by atoms with E-state index in [1.54, 1.807) is 12.1 Å².